The summed E-state index contributed by atoms with van der Waals surface area (Å²) < 4.78 is 6.51. The standard InChI is InChI=1S/C17H23BrN2O2/c18-15-8-4-5-9-16(15)22-13-12-20-17(21)19-11-10-14-6-2-1-3-7-14/h4-6,8-9H,1-3,7,10-13H2,(H2,19,20,21). The molecule has 1 aliphatic rings. The van der Waals surface area contributed by atoms with E-state index in [1.165, 1.54) is 31.3 Å². The van der Waals surface area contributed by atoms with Crippen molar-refractivity contribution in [3.63, 3.8) is 0 Å². The minimum Gasteiger partial charge on any atom is -0.491 e. The maximum atomic E-state index is 11.7. The summed E-state index contributed by atoms with van der Waals surface area (Å²) in [6, 6.07) is 7.54. The third-order valence-corrected chi connectivity index (χ3v) is 4.25. The number of hydrogen-bond donors (Lipinski definition) is 2. The van der Waals surface area contributed by atoms with Crippen LogP contribution in [-0.4, -0.2) is 25.7 Å². The van der Waals surface area contributed by atoms with E-state index >= 15 is 0 Å². The Bertz CT molecular complexity index is 517. The van der Waals surface area contributed by atoms with Crippen molar-refractivity contribution in [1.29, 1.82) is 0 Å². The number of amides is 2. The van der Waals surface area contributed by atoms with E-state index < -0.39 is 0 Å². The Morgan fingerprint density at radius 3 is 2.77 bits per heavy atom. The number of urea groups is 1. The van der Waals surface area contributed by atoms with E-state index in [9.17, 15) is 4.79 Å². The maximum absolute atomic E-state index is 11.7. The van der Waals surface area contributed by atoms with Crippen LogP contribution in [0.2, 0.25) is 0 Å². The van der Waals surface area contributed by atoms with Gasteiger partial charge in [0.2, 0.25) is 0 Å². The molecule has 1 aliphatic carbocycles. The fourth-order valence-electron chi connectivity index (χ4n) is 2.42. The summed E-state index contributed by atoms with van der Waals surface area (Å²) in [4.78, 5) is 11.7. The molecule has 5 heteroatoms. The van der Waals surface area contributed by atoms with Crippen molar-refractivity contribution in [1.82, 2.24) is 10.6 Å². The molecular weight excluding hydrogens is 344 g/mol. The molecule has 0 saturated carbocycles. The Labute approximate surface area is 140 Å². The van der Waals surface area contributed by atoms with Crippen LogP contribution in [0.4, 0.5) is 4.79 Å². The summed E-state index contributed by atoms with van der Waals surface area (Å²) in [5.41, 5.74) is 1.48. The van der Waals surface area contributed by atoms with Gasteiger partial charge in [-0.1, -0.05) is 23.8 Å². The average molecular weight is 367 g/mol. The van der Waals surface area contributed by atoms with Crippen molar-refractivity contribution in [3.05, 3.63) is 40.4 Å². The van der Waals surface area contributed by atoms with Crippen molar-refractivity contribution in [2.45, 2.75) is 32.1 Å². The highest BCUT2D eigenvalue weighted by molar-refractivity contribution is 9.10. The first-order valence-corrected chi connectivity index (χ1v) is 8.62. The summed E-state index contributed by atoms with van der Waals surface area (Å²) >= 11 is 3.42. The Morgan fingerprint density at radius 2 is 2.00 bits per heavy atom. The summed E-state index contributed by atoms with van der Waals surface area (Å²) in [5, 5.41) is 5.68. The average Bonchev–Trinajstić information content (AvgIpc) is 2.54. The van der Waals surface area contributed by atoms with Gasteiger partial charge in [-0.25, -0.2) is 4.79 Å². The van der Waals surface area contributed by atoms with Crippen LogP contribution in [0.1, 0.15) is 32.1 Å². The second-order valence-electron chi connectivity index (χ2n) is 5.32. The molecule has 2 N–H and O–H groups in total. The second-order valence-corrected chi connectivity index (χ2v) is 6.17. The van der Waals surface area contributed by atoms with Gasteiger partial charge in [0.1, 0.15) is 12.4 Å². The Balaban J connectivity index is 1.54. The molecule has 0 unspecified atom stereocenters. The highest BCUT2D eigenvalue weighted by Crippen LogP contribution is 2.23. The van der Waals surface area contributed by atoms with Crippen LogP contribution in [0.15, 0.2) is 40.4 Å². The summed E-state index contributed by atoms with van der Waals surface area (Å²) in [7, 11) is 0. The first-order chi connectivity index (χ1) is 10.8. The molecular formula is C17H23BrN2O2. The fraction of sp³-hybridized carbons (Fsp3) is 0.471. The van der Waals surface area contributed by atoms with Gasteiger partial charge in [0.05, 0.1) is 11.0 Å². The van der Waals surface area contributed by atoms with Crippen LogP contribution in [0, 0.1) is 0 Å². The van der Waals surface area contributed by atoms with Gasteiger partial charge in [-0.15, -0.1) is 0 Å². The van der Waals surface area contributed by atoms with E-state index in [1.807, 2.05) is 24.3 Å². The van der Waals surface area contributed by atoms with Crippen molar-refractivity contribution in [2.24, 2.45) is 0 Å². The van der Waals surface area contributed by atoms with Gasteiger partial charge >= 0.3 is 6.03 Å². The lowest BCUT2D eigenvalue weighted by molar-refractivity contribution is 0.236. The van der Waals surface area contributed by atoms with Crippen molar-refractivity contribution in [2.75, 3.05) is 19.7 Å². The Kier molecular flexibility index (Phi) is 7.30. The Morgan fingerprint density at radius 1 is 1.18 bits per heavy atom. The smallest absolute Gasteiger partial charge is 0.314 e. The number of benzene rings is 1. The number of para-hydroxylation sites is 1. The van der Waals surface area contributed by atoms with E-state index in [2.05, 4.69) is 32.6 Å². The van der Waals surface area contributed by atoms with E-state index in [4.69, 9.17) is 4.74 Å². The van der Waals surface area contributed by atoms with Crippen LogP contribution < -0.4 is 15.4 Å². The largest absolute Gasteiger partial charge is 0.491 e. The lowest BCUT2D eigenvalue weighted by Gasteiger charge is -2.13. The minimum atomic E-state index is -0.132. The maximum Gasteiger partial charge on any atom is 0.314 e. The number of halogens is 1. The molecule has 0 aliphatic heterocycles. The molecule has 0 bridgehead atoms. The number of ether oxygens (including phenoxy) is 1. The minimum absolute atomic E-state index is 0.132. The molecule has 1 aromatic rings. The van der Waals surface area contributed by atoms with E-state index in [-0.39, 0.29) is 6.03 Å². The number of hydrogen-bond acceptors (Lipinski definition) is 2. The van der Waals surface area contributed by atoms with Crippen LogP contribution >= 0.6 is 15.9 Å². The van der Waals surface area contributed by atoms with Gasteiger partial charge in [0.15, 0.2) is 0 Å². The lowest BCUT2D eigenvalue weighted by Crippen LogP contribution is -2.38. The molecule has 0 atom stereocenters. The molecule has 1 aromatic carbocycles. The predicted octanol–water partition coefficient (Wildman–Crippen LogP) is 4.02. The molecule has 0 saturated heterocycles. The van der Waals surface area contributed by atoms with Crippen LogP contribution in [0.5, 0.6) is 5.75 Å². The molecule has 2 amide bonds. The van der Waals surface area contributed by atoms with E-state index in [1.54, 1.807) is 0 Å². The molecule has 0 aromatic heterocycles. The molecule has 0 fully saturated rings. The zero-order valence-electron chi connectivity index (χ0n) is 12.7. The molecule has 22 heavy (non-hydrogen) atoms. The van der Waals surface area contributed by atoms with Crippen LogP contribution in [0.3, 0.4) is 0 Å². The highest BCUT2D eigenvalue weighted by atomic mass is 79.9. The van der Waals surface area contributed by atoms with Gasteiger partial charge in [-0.05, 0) is 60.2 Å². The highest BCUT2D eigenvalue weighted by Gasteiger charge is 2.05. The van der Waals surface area contributed by atoms with Crippen molar-refractivity contribution >= 4 is 22.0 Å². The second kappa shape index (κ2) is 9.51. The molecule has 0 spiro atoms. The summed E-state index contributed by atoms with van der Waals surface area (Å²) in [6.45, 7) is 1.62. The van der Waals surface area contributed by atoms with Gasteiger partial charge in [0, 0.05) is 6.54 Å². The number of allylic oxidation sites excluding steroid dienone is 1. The van der Waals surface area contributed by atoms with Gasteiger partial charge in [0.25, 0.3) is 0 Å². The fourth-order valence-corrected chi connectivity index (χ4v) is 2.82. The Hall–Kier alpha value is -1.49. The summed E-state index contributed by atoms with van der Waals surface area (Å²) in [6.07, 6.45) is 8.23. The first kappa shape index (κ1) is 16.9. The topological polar surface area (TPSA) is 50.4 Å². The predicted molar refractivity (Wildman–Crippen MR) is 92.2 cm³/mol. The molecule has 120 valence electrons. The third kappa shape index (κ3) is 6.10. The van der Waals surface area contributed by atoms with E-state index in [0.717, 1.165) is 16.6 Å². The number of nitrogens with one attached hydrogen (secondary N) is 2. The van der Waals surface area contributed by atoms with Gasteiger partial charge < -0.3 is 15.4 Å². The van der Waals surface area contributed by atoms with Crippen LogP contribution in [0.25, 0.3) is 0 Å². The third-order valence-electron chi connectivity index (χ3n) is 3.60. The van der Waals surface area contributed by atoms with Gasteiger partial charge in [-0.3, -0.25) is 0 Å². The summed E-state index contributed by atoms with van der Waals surface area (Å²) in [5.74, 6) is 0.786. The zero-order chi connectivity index (χ0) is 15.6. The molecule has 0 heterocycles. The van der Waals surface area contributed by atoms with E-state index in [0.29, 0.717) is 19.7 Å². The first-order valence-electron chi connectivity index (χ1n) is 7.82. The molecule has 4 nitrogen and oxygen atoms in total. The quantitative estimate of drug-likeness (QED) is 0.565. The zero-order valence-corrected chi connectivity index (χ0v) is 14.3. The van der Waals surface area contributed by atoms with Crippen LogP contribution in [-0.2, 0) is 0 Å². The number of rotatable bonds is 7. The monoisotopic (exact) mass is 366 g/mol. The normalized spacial score (nSPS) is 14.1. The van der Waals surface area contributed by atoms with Crippen molar-refractivity contribution in [3.8, 4) is 5.75 Å². The number of carbonyl (C=O) groups is 1. The van der Waals surface area contributed by atoms with Crippen molar-refractivity contribution < 1.29 is 9.53 Å². The molecule has 0 radical (unpaired) electrons. The lowest BCUT2D eigenvalue weighted by atomic mass is 9.97. The molecule has 2 rings (SSSR count). The van der Waals surface area contributed by atoms with Gasteiger partial charge in [-0.2, -0.15) is 0 Å². The SMILES string of the molecule is O=C(NCCOc1ccccc1Br)NCCC1=CCCCC1. The number of carbonyl (C=O) groups excluding carboxylic acids is 1.